The molecular weight excluding hydrogens is 184 g/mol. The monoisotopic (exact) mass is 202 g/mol. The topological polar surface area (TPSA) is 69.6 Å². The number of nitrogens with one attached hydrogen (secondary N) is 1. The Morgan fingerprint density at radius 1 is 1.43 bits per heavy atom. The average molecular weight is 202 g/mol. The molecule has 5 heteroatoms. The normalized spacial score (nSPS) is 10.0. The van der Waals surface area contributed by atoms with Crippen molar-refractivity contribution in [1.82, 2.24) is 10.2 Å². The fourth-order valence-corrected chi connectivity index (χ4v) is 1.14. The van der Waals surface area contributed by atoms with E-state index in [4.69, 9.17) is 5.11 Å². The highest BCUT2D eigenvalue weighted by molar-refractivity contribution is 5.74. The van der Waals surface area contributed by atoms with Crippen molar-refractivity contribution in [3.8, 4) is 0 Å². The Morgan fingerprint density at radius 2 is 2.00 bits per heavy atom. The summed E-state index contributed by atoms with van der Waals surface area (Å²) in [5, 5.41) is 11.0. The predicted octanol–water partition coefficient (Wildman–Crippen LogP) is 0.901. The van der Waals surface area contributed by atoms with Gasteiger partial charge in [0.2, 0.25) is 0 Å². The van der Waals surface area contributed by atoms with Crippen molar-refractivity contribution in [2.75, 3.05) is 13.6 Å². The number of urea groups is 1. The van der Waals surface area contributed by atoms with Crippen molar-refractivity contribution in [1.29, 1.82) is 0 Å². The number of carbonyl (C=O) groups excluding carboxylic acids is 1. The predicted molar refractivity (Wildman–Crippen MR) is 53.2 cm³/mol. The smallest absolute Gasteiger partial charge is 0.317 e. The standard InChI is InChI=1S/C9H18N2O3/c1-7(2)11(9(14)10-3)6-4-5-8(12)13/h7H,4-6H2,1-3H3,(H,10,14)(H,12,13). The van der Waals surface area contributed by atoms with Gasteiger partial charge in [-0.15, -0.1) is 0 Å². The molecule has 0 rings (SSSR count). The van der Waals surface area contributed by atoms with Gasteiger partial charge >= 0.3 is 12.0 Å². The largest absolute Gasteiger partial charge is 0.481 e. The van der Waals surface area contributed by atoms with Gasteiger partial charge in [0.25, 0.3) is 0 Å². The summed E-state index contributed by atoms with van der Waals surface area (Å²) in [5.74, 6) is -0.828. The highest BCUT2D eigenvalue weighted by Crippen LogP contribution is 2.02. The summed E-state index contributed by atoms with van der Waals surface area (Å²) in [6, 6.07) is -0.0749. The number of amides is 2. The summed E-state index contributed by atoms with van der Waals surface area (Å²) >= 11 is 0. The molecule has 0 atom stereocenters. The minimum Gasteiger partial charge on any atom is -0.481 e. The minimum atomic E-state index is -0.828. The Balaban J connectivity index is 3.98. The molecule has 0 aromatic heterocycles. The maximum atomic E-state index is 11.3. The number of nitrogens with zero attached hydrogens (tertiary/aromatic N) is 1. The summed E-state index contributed by atoms with van der Waals surface area (Å²) in [7, 11) is 1.56. The molecule has 5 nitrogen and oxygen atoms in total. The van der Waals surface area contributed by atoms with Crippen molar-refractivity contribution in [2.45, 2.75) is 32.7 Å². The Kier molecular flexibility index (Phi) is 5.67. The third-order valence-electron chi connectivity index (χ3n) is 1.89. The van der Waals surface area contributed by atoms with Gasteiger partial charge in [-0.05, 0) is 20.3 Å². The van der Waals surface area contributed by atoms with Crippen molar-refractivity contribution < 1.29 is 14.7 Å². The highest BCUT2D eigenvalue weighted by atomic mass is 16.4. The van der Waals surface area contributed by atoms with Crippen LogP contribution in [0.4, 0.5) is 4.79 Å². The molecule has 82 valence electrons. The number of aliphatic carboxylic acids is 1. The minimum absolute atomic E-state index is 0.0868. The van der Waals surface area contributed by atoms with Gasteiger partial charge in [0.15, 0.2) is 0 Å². The summed E-state index contributed by atoms with van der Waals surface area (Å²) < 4.78 is 0. The van der Waals surface area contributed by atoms with Gasteiger partial charge in [-0.2, -0.15) is 0 Å². The lowest BCUT2D eigenvalue weighted by Gasteiger charge is -2.25. The number of hydrogen-bond acceptors (Lipinski definition) is 2. The Hall–Kier alpha value is -1.26. The lowest BCUT2D eigenvalue weighted by Crippen LogP contribution is -2.43. The number of carboxylic acid groups (broad SMARTS) is 1. The van der Waals surface area contributed by atoms with Crippen molar-refractivity contribution in [3.05, 3.63) is 0 Å². The number of carboxylic acids is 1. The van der Waals surface area contributed by atoms with E-state index in [1.54, 1.807) is 11.9 Å². The zero-order valence-corrected chi connectivity index (χ0v) is 8.91. The van der Waals surface area contributed by atoms with E-state index in [1.165, 1.54) is 0 Å². The molecular formula is C9H18N2O3. The third-order valence-corrected chi connectivity index (χ3v) is 1.89. The second kappa shape index (κ2) is 6.23. The number of hydrogen-bond donors (Lipinski definition) is 2. The molecule has 0 radical (unpaired) electrons. The fraction of sp³-hybridized carbons (Fsp3) is 0.778. The van der Waals surface area contributed by atoms with Gasteiger partial charge in [-0.1, -0.05) is 0 Å². The molecule has 2 N–H and O–H groups in total. The molecule has 0 aliphatic carbocycles. The molecule has 2 amide bonds. The lowest BCUT2D eigenvalue weighted by atomic mass is 10.2. The van der Waals surface area contributed by atoms with Crippen molar-refractivity contribution in [3.63, 3.8) is 0 Å². The second-order valence-corrected chi connectivity index (χ2v) is 3.34. The van der Waals surface area contributed by atoms with E-state index in [0.29, 0.717) is 13.0 Å². The molecule has 0 aliphatic heterocycles. The molecule has 0 unspecified atom stereocenters. The van der Waals surface area contributed by atoms with E-state index in [2.05, 4.69) is 5.32 Å². The number of rotatable bonds is 5. The Morgan fingerprint density at radius 3 is 2.36 bits per heavy atom. The van der Waals surface area contributed by atoms with Gasteiger partial charge < -0.3 is 15.3 Å². The number of carbonyl (C=O) groups is 2. The fourth-order valence-electron chi connectivity index (χ4n) is 1.14. The summed E-state index contributed by atoms with van der Waals surface area (Å²) in [5.41, 5.74) is 0. The molecule has 0 saturated carbocycles. The maximum absolute atomic E-state index is 11.3. The van der Waals surface area contributed by atoms with E-state index in [1.807, 2.05) is 13.8 Å². The molecule has 0 aromatic rings. The first-order chi connectivity index (χ1) is 6.49. The van der Waals surface area contributed by atoms with Crippen LogP contribution in [0.1, 0.15) is 26.7 Å². The summed E-state index contributed by atoms with van der Waals surface area (Å²) in [6.07, 6.45) is 0.584. The van der Waals surface area contributed by atoms with Crippen LogP contribution in [0.25, 0.3) is 0 Å². The maximum Gasteiger partial charge on any atom is 0.317 e. The third kappa shape index (κ3) is 4.69. The van der Waals surface area contributed by atoms with Crippen LogP contribution in [0, 0.1) is 0 Å². The molecule has 0 saturated heterocycles. The first-order valence-corrected chi connectivity index (χ1v) is 4.69. The van der Waals surface area contributed by atoms with Gasteiger partial charge in [-0.25, -0.2) is 4.79 Å². The first-order valence-electron chi connectivity index (χ1n) is 4.69. The van der Waals surface area contributed by atoms with E-state index in [0.717, 1.165) is 0 Å². The zero-order chi connectivity index (χ0) is 11.1. The molecule has 0 aliphatic rings. The summed E-state index contributed by atoms with van der Waals surface area (Å²) in [6.45, 7) is 4.27. The lowest BCUT2D eigenvalue weighted by molar-refractivity contribution is -0.137. The van der Waals surface area contributed by atoms with Crippen LogP contribution in [-0.4, -0.2) is 41.6 Å². The summed E-state index contributed by atoms with van der Waals surface area (Å²) in [4.78, 5) is 23.2. The van der Waals surface area contributed by atoms with Gasteiger partial charge in [0.05, 0.1) is 0 Å². The van der Waals surface area contributed by atoms with Gasteiger partial charge in [-0.3, -0.25) is 4.79 Å². The van der Waals surface area contributed by atoms with Crippen molar-refractivity contribution >= 4 is 12.0 Å². The Labute approximate surface area is 84.1 Å². The van der Waals surface area contributed by atoms with Crippen molar-refractivity contribution in [2.24, 2.45) is 0 Å². The molecule has 0 heterocycles. The van der Waals surface area contributed by atoms with Crippen LogP contribution in [0.2, 0.25) is 0 Å². The van der Waals surface area contributed by atoms with Crippen LogP contribution in [0.15, 0.2) is 0 Å². The van der Waals surface area contributed by atoms with E-state index < -0.39 is 5.97 Å². The highest BCUT2D eigenvalue weighted by Gasteiger charge is 2.14. The van der Waals surface area contributed by atoms with Crippen LogP contribution in [-0.2, 0) is 4.79 Å². The van der Waals surface area contributed by atoms with Gasteiger partial charge in [0, 0.05) is 26.1 Å². The van der Waals surface area contributed by atoms with E-state index in [-0.39, 0.29) is 18.5 Å². The van der Waals surface area contributed by atoms with E-state index >= 15 is 0 Å². The second-order valence-electron chi connectivity index (χ2n) is 3.34. The molecule has 0 aromatic carbocycles. The molecule has 0 spiro atoms. The van der Waals surface area contributed by atoms with Crippen LogP contribution >= 0.6 is 0 Å². The van der Waals surface area contributed by atoms with Gasteiger partial charge in [0.1, 0.15) is 0 Å². The SMILES string of the molecule is CNC(=O)N(CCCC(=O)O)C(C)C. The van der Waals surface area contributed by atoms with Crippen LogP contribution < -0.4 is 5.32 Å². The first kappa shape index (κ1) is 12.7. The Bertz CT molecular complexity index is 204. The molecule has 0 fully saturated rings. The molecule has 14 heavy (non-hydrogen) atoms. The van der Waals surface area contributed by atoms with E-state index in [9.17, 15) is 9.59 Å². The molecule has 0 bridgehead atoms. The van der Waals surface area contributed by atoms with Crippen LogP contribution in [0.5, 0.6) is 0 Å². The van der Waals surface area contributed by atoms with Crippen LogP contribution in [0.3, 0.4) is 0 Å². The quantitative estimate of drug-likeness (QED) is 0.696. The average Bonchev–Trinajstić information content (AvgIpc) is 2.10. The zero-order valence-electron chi connectivity index (χ0n) is 8.91.